The van der Waals surface area contributed by atoms with Crippen LogP contribution in [0, 0.1) is 0 Å². The lowest BCUT2D eigenvalue weighted by Crippen LogP contribution is -1.94. The van der Waals surface area contributed by atoms with E-state index in [1.54, 1.807) is 21.8 Å². The van der Waals surface area contributed by atoms with Gasteiger partial charge >= 0.3 is 0 Å². The summed E-state index contributed by atoms with van der Waals surface area (Å²) in [5.74, 6) is 0. The van der Waals surface area contributed by atoms with Crippen molar-refractivity contribution >= 4 is 17.3 Å². The summed E-state index contributed by atoms with van der Waals surface area (Å²) >= 11 is 5.98. The fourth-order valence-electron chi connectivity index (χ4n) is 1.91. The first-order valence-electron chi connectivity index (χ1n) is 5.73. The van der Waals surface area contributed by atoms with E-state index < -0.39 is 0 Å². The number of nitrogen functional groups attached to an aromatic ring is 1. The molecule has 0 saturated carbocycles. The molecular formula is C13H12ClN5. The number of aromatic nitrogens is 4. The maximum absolute atomic E-state index is 6.00. The average Bonchev–Trinajstić information content (AvgIpc) is 2.95. The van der Waals surface area contributed by atoms with E-state index in [4.69, 9.17) is 17.3 Å². The van der Waals surface area contributed by atoms with Gasteiger partial charge in [-0.05, 0) is 18.2 Å². The van der Waals surface area contributed by atoms with Crippen LogP contribution in [0.3, 0.4) is 0 Å². The van der Waals surface area contributed by atoms with Crippen LogP contribution in [0.25, 0.3) is 16.9 Å². The van der Waals surface area contributed by atoms with Crippen LogP contribution in [-0.4, -0.2) is 19.6 Å². The number of nitrogens with zero attached hydrogens (tertiary/aromatic N) is 4. The van der Waals surface area contributed by atoms with Gasteiger partial charge in [0.05, 0.1) is 23.8 Å². The third kappa shape index (κ3) is 2.20. The number of hydrogen-bond donors (Lipinski definition) is 1. The number of aryl methyl sites for hydroxylation is 1. The Hall–Kier alpha value is -2.27. The van der Waals surface area contributed by atoms with Gasteiger partial charge < -0.3 is 5.73 Å². The highest BCUT2D eigenvalue weighted by molar-refractivity contribution is 6.30. The van der Waals surface area contributed by atoms with Crippen LogP contribution in [0.1, 0.15) is 0 Å². The molecule has 3 aromatic rings. The van der Waals surface area contributed by atoms with E-state index in [0.29, 0.717) is 16.4 Å². The smallest absolute Gasteiger partial charge is 0.119 e. The first kappa shape index (κ1) is 11.8. The van der Waals surface area contributed by atoms with E-state index >= 15 is 0 Å². The first-order valence-corrected chi connectivity index (χ1v) is 6.11. The highest BCUT2D eigenvalue weighted by atomic mass is 35.5. The minimum atomic E-state index is 0.605. The Bertz CT molecular complexity index is 728. The summed E-state index contributed by atoms with van der Waals surface area (Å²) in [6.07, 6.45) is 5.38. The average molecular weight is 274 g/mol. The molecular weight excluding hydrogens is 262 g/mol. The monoisotopic (exact) mass is 273 g/mol. The molecule has 0 amide bonds. The molecule has 2 N–H and O–H groups in total. The maximum atomic E-state index is 6.00. The number of hydrogen-bond acceptors (Lipinski definition) is 3. The molecule has 2 heterocycles. The van der Waals surface area contributed by atoms with E-state index in [9.17, 15) is 0 Å². The molecule has 2 aromatic heterocycles. The van der Waals surface area contributed by atoms with Crippen LogP contribution in [0.4, 0.5) is 5.69 Å². The first-order chi connectivity index (χ1) is 9.13. The summed E-state index contributed by atoms with van der Waals surface area (Å²) in [7, 11) is 1.85. The van der Waals surface area contributed by atoms with Crippen molar-refractivity contribution in [2.75, 3.05) is 5.73 Å². The van der Waals surface area contributed by atoms with Crippen LogP contribution < -0.4 is 5.73 Å². The van der Waals surface area contributed by atoms with Crippen molar-refractivity contribution in [3.8, 4) is 16.9 Å². The van der Waals surface area contributed by atoms with Gasteiger partial charge in [0.1, 0.15) is 5.69 Å². The van der Waals surface area contributed by atoms with Gasteiger partial charge in [-0.3, -0.25) is 4.68 Å². The van der Waals surface area contributed by atoms with Crippen molar-refractivity contribution in [1.29, 1.82) is 0 Å². The topological polar surface area (TPSA) is 61.7 Å². The molecule has 0 atom stereocenters. The van der Waals surface area contributed by atoms with Gasteiger partial charge in [0.2, 0.25) is 0 Å². The molecule has 19 heavy (non-hydrogen) atoms. The summed E-state index contributed by atoms with van der Waals surface area (Å²) in [4.78, 5) is 0. The van der Waals surface area contributed by atoms with Crippen molar-refractivity contribution in [2.24, 2.45) is 7.05 Å². The zero-order chi connectivity index (χ0) is 13.4. The highest BCUT2D eigenvalue weighted by Gasteiger charge is 2.11. The highest BCUT2D eigenvalue weighted by Crippen LogP contribution is 2.25. The molecule has 6 heteroatoms. The van der Waals surface area contributed by atoms with Crippen LogP contribution in [0.2, 0.25) is 5.02 Å². The lowest BCUT2D eigenvalue weighted by molar-refractivity contribution is 0.768. The second-order valence-corrected chi connectivity index (χ2v) is 4.70. The Kier molecular flexibility index (Phi) is 2.76. The Labute approximate surface area is 115 Å². The molecule has 1 aromatic carbocycles. The molecule has 0 aliphatic heterocycles. The summed E-state index contributed by atoms with van der Waals surface area (Å²) < 4.78 is 3.43. The van der Waals surface area contributed by atoms with Gasteiger partial charge in [0, 0.05) is 23.8 Å². The minimum Gasteiger partial charge on any atom is -0.396 e. The maximum Gasteiger partial charge on any atom is 0.119 e. The summed E-state index contributed by atoms with van der Waals surface area (Å²) in [5, 5.41) is 9.27. The standard InChI is InChI=1S/C13H12ClN5/c1-18-7-9(6-16-18)13-12(15)8-19(17-13)11-4-2-3-10(14)5-11/h2-8H,15H2,1H3. The second-order valence-electron chi connectivity index (χ2n) is 4.26. The lowest BCUT2D eigenvalue weighted by Gasteiger charge is -2.00. The summed E-state index contributed by atoms with van der Waals surface area (Å²) in [5.41, 5.74) is 9.08. The zero-order valence-electron chi connectivity index (χ0n) is 10.3. The van der Waals surface area contributed by atoms with Gasteiger partial charge in [-0.25, -0.2) is 4.68 Å². The molecule has 0 aliphatic rings. The zero-order valence-corrected chi connectivity index (χ0v) is 11.0. The van der Waals surface area contributed by atoms with E-state index in [1.165, 1.54) is 0 Å². The Morgan fingerprint density at radius 3 is 2.79 bits per heavy atom. The predicted molar refractivity (Wildman–Crippen MR) is 75.2 cm³/mol. The van der Waals surface area contributed by atoms with E-state index in [0.717, 1.165) is 11.3 Å². The quantitative estimate of drug-likeness (QED) is 0.780. The molecule has 0 spiro atoms. The van der Waals surface area contributed by atoms with Crippen LogP contribution in [-0.2, 0) is 7.05 Å². The molecule has 0 aliphatic carbocycles. The fraction of sp³-hybridized carbons (Fsp3) is 0.0769. The summed E-state index contributed by atoms with van der Waals surface area (Å²) in [6.45, 7) is 0. The van der Waals surface area contributed by atoms with Crippen molar-refractivity contribution in [3.63, 3.8) is 0 Å². The normalized spacial score (nSPS) is 10.8. The van der Waals surface area contributed by atoms with E-state index in [2.05, 4.69) is 10.2 Å². The number of halogens is 1. The predicted octanol–water partition coefficient (Wildman–Crippen LogP) is 2.51. The van der Waals surface area contributed by atoms with Gasteiger partial charge in [-0.2, -0.15) is 10.2 Å². The molecule has 0 fully saturated rings. The molecule has 0 radical (unpaired) electrons. The van der Waals surface area contributed by atoms with Crippen molar-refractivity contribution in [3.05, 3.63) is 47.9 Å². The third-order valence-electron chi connectivity index (χ3n) is 2.79. The largest absolute Gasteiger partial charge is 0.396 e. The lowest BCUT2D eigenvalue weighted by atomic mass is 10.2. The van der Waals surface area contributed by atoms with Gasteiger partial charge in [-0.15, -0.1) is 0 Å². The van der Waals surface area contributed by atoms with Crippen LogP contribution in [0.15, 0.2) is 42.9 Å². The Balaban J connectivity index is 2.06. The van der Waals surface area contributed by atoms with Crippen LogP contribution >= 0.6 is 11.6 Å². The summed E-state index contributed by atoms with van der Waals surface area (Å²) in [6, 6.07) is 7.45. The number of rotatable bonds is 2. The molecule has 96 valence electrons. The Morgan fingerprint density at radius 1 is 1.26 bits per heavy atom. The Morgan fingerprint density at radius 2 is 2.11 bits per heavy atom. The van der Waals surface area contributed by atoms with E-state index in [-0.39, 0.29) is 0 Å². The van der Waals surface area contributed by atoms with E-state index in [1.807, 2.05) is 37.5 Å². The second kappa shape index (κ2) is 4.44. The van der Waals surface area contributed by atoms with Gasteiger partial charge in [0.25, 0.3) is 0 Å². The van der Waals surface area contributed by atoms with Crippen molar-refractivity contribution in [1.82, 2.24) is 19.6 Å². The fourth-order valence-corrected chi connectivity index (χ4v) is 2.09. The van der Waals surface area contributed by atoms with Gasteiger partial charge in [-0.1, -0.05) is 17.7 Å². The number of benzene rings is 1. The minimum absolute atomic E-state index is 0.605. The molecule has 0 unspecified atom stereocenters. The molecule has 0 saturated heterocycles. The van der Waals surface area contributed by atoms with Crippen LogP contribution in [0.5, 0.6) is 0 Å². The number of nitrogens with two attached hydrogens (primary N) is 1. The molecule has 0 bridgehead atoms. The molecule has 5 nitrogen and oxygen atoms in total. The SMILES string of the molecule is Cn1cc(-c2nn(-c3cccc(Cl)c3)cc2N)cn1. The van der Waals surface area contributed by atoms with Gasteiger partial charge in [0.15, 0.2) is 0 Å². The molecule has 3 rings (SSSR count). The third-order valence-corrected chi connectivity index (χ3v) is 3.03. The van der Waals surface area contributed by atoms with Crippen molar-refractivity contribution in [2.45, 2.75) is 0 Å². The number of anilines is 1. The van der Waals surface area contributed by atoms with Crippen molar-refractivity contribution < 1.29 is 0 Å².